The molecule has 2 aromatic carbocycles. The molecular weight excluding hydrogens is 470 g/mol. The molecule has 0 radical (unpaired) electrons. The largest absolute Gasteiger partial charge is 0.417 e. The second-order valence-electron chi connectivity index (χ2n) is 8.44. The van der Waals surface area contributed by atoms with Crippen LogP contribution in [0.15, 0.2) is 48.7 Å². The molecule has 10 heteroatoms. The van der Waals surface area contributed by atoms with Crippen LogP contribution in [0.4, 0.5) is 16.2 Å². The zero-order chi connectivity index (χ0) is 24.4. The summed E-state index contributed by atoms with van der Waals surface area (Å²) in [6.45, 7) is 4.50. The van der Waals surface area contributed by atoms with Crippen molar-refractivity contribution in [2.24, 2.45) is 0 Å². The molecule has 0 unspecified atom stereocenters. The number of nitriles is 1. The van der Waals surface area contributed by atoms with E-state index in [2.05, 4.69) is 21.4 Å². The molecule has 1 N–H and O–H groups in total. The number of aromatic nitrogens is 2. The Morgan fingerprint density at radius 2 is 1.89 bits per heavy atom. The van der Waals surface area contributed by atoms with Crippen LogP contribution >= 0.6 is 11.6 Å². The molecule has 180 valence electrons. The molecule has 3 heterocycles. The molecule has 2 aliphatic heterocycles. The topological polar surface area (TPSA) is 102 Å². The van der Waals surface area contributed by atoms with Crippen molar-refractivity contribution in [3.05, 3.63) is 64.9 Å². The molecular formula is C25H24ClN5O4. The van der Waals surface area contributed by atoms with Gasteiger partial charge in [-0.25, -0.2) is 9.48 Å². The Balaban J connectivity index is 1.24. The quantitative estimate of drug-likeness (QED) is 0.564. The average molecular weight is 494 g/mol. The highest BCUT2D eigenvalue weighted by atomic mass is 35.5. The smallest absolute Gasteiger partial charge is 0.406 e. The minimum atomic E-state index is -0.671. The number of rotatable bonds is 4. The van der Waals surface area contributed by atoms with Gasteiger partial charge in [0, 0.05) is 36.6 Å². The van der Waals surface area contributed by atoms with Crippen LogP contribution in [0.1, 0.15) is 24.1 Å². The van der Waals surface area contributed by atoms with E-state index in [0.29, 0.717) is 40.9 Å². The van der Waals surface area contributed by atoms with Crippen LogP contribution in [0.3, 0.4) is 0 Å². The fraction of sp³-hybridized carbons (Fsp3) is 0.320. The number of hydrogen-bond acceptors (Lipinski definition) is 7. The fourth-order valence-electron chi connectivity index (χ4n) is 4.43. The molecule has 1 spiro atoms. The summed E-state index contributed by atoms with van der Waals surface area (Å²) in [6.07, 6.45) is 2.30. The first-order valence-electron chi connectivity index (χ1n) is 11.3. The lowest BCUT2D eigenvalue weighted by Crippen LogP contribution is -2.45. The standard InChI is InChI=1S/C25H24ClN5O4/c1-17-23(16-28-31(17)21-5-2-19(26)3-6-21)35-24(32)29-20-4-7-22(18(14-20)15-27)30-10-8-25(9-11-30)33-12-13-34-25/h2-7,14,16H,8-13H2,1H3,(H,29,32). The number of anilines is 2. The molecule has 2 aliphatic rings. The summed E-state index contributed by atoms with van der Waals surface area (Å²) in [5.74, 6) is -0.151. The minimum absolute atomic E-state index is 0.327. The fourth-order valence-corrected chi connectivity index (χ4v) is 4.56. The molecule has 0 saturated carbocycles. The first-order valence-corrected chi connectivity index (χ1v) is 11.7. The van der Waals surface area contributed by atoms with Crippen molar-refractivity contribution in [3.63, 3.8) is 0 Å². The van der Waals surface area contributed by atoms with Crippen LogP contribution in [-0.4, -0.2) is 48.0 Å². The van der Waals surface area contributed by atoms with E-state index < -0.39 is 11.9 Å². The Morgan fingerprint density at radius 3 is 2.57 bits per heavy atom. The third-order valence-corrected chi connectivity index (χ3v) is 6.53. The molecule has 1 aromatic heterocycles. The lowest BCUT2D eigenvalue weighted by Gasteiger charge is -2.39. The van der Waals surface area contributed by atoms with Crippen LogP contribution < -0.4 is 15.0 Å². The maximum absolute atomic E-state index is 12.5. The molecule has 2 fully saturated rings. The number of piperidine rings is 1. The van der Waals surface area contributed by atoms with Crippen molar-refractivity contribution in [2.45, 2.75) is 25.6 Å². The summed E-state index contributed by atoms with van der Waals surface area (Å²) < 4.78 is 18.7. The number of halogens is 1. The molecule has 1 amide bonds. The molecule has 3 aromatic rings. The summed E-state index contributed by atoms with van der Waals surface area (Å²) >= 11 is 5.95. The van der Waals surface area contributed by atoms with Gasteiger partial charge >= 0.3 is 6.09 Å². The minimum Gasteiger partial charge on any atom is -0.406 e. The van der Waals surface area contributed by atoms with Gasteiger partial charge < -0.3 is 19.1 Å². The third kappa shape index (κ3) is 4.82. The summed E-state index contributed by atoms with van der Waals surface area (Å²) in [5.41, 5.74) is 3.21. The highest BCUT2D eigenvalue weighted by Gasteiger charge is 2.40. The van der Waals surface area contributed by atoms with Crippen molar-refractivity contribution in [3.8, 4) is 17.5 Å². The van der Waals surface area contributed by atoms with E-state index in [0.717, 1.165) is 37.3 Å². The number of ether oxygens (including phenoxy) is 3. The highest BCUT2D eigenvalue weighted by Crippen LogP contribution is 2.35. The number of nitrogens with one attached hydrogen (secondary N) is 1. The van der Waals surface area contributed by atoms with E-state index in [-0.39, 0.29) is 0 Å². The first-order chi connectivity index (χ1) is 17.0. The second kappa shape index (κ2) is 9.58. The second-order valence-corrected chi connectivity index (χ2v) is 8.87. The highest BCUT2D eigenvalue weighted by molar-refractivity contribution is 6.30. The monoisotopic (exact) mass is 493 g/mol. The molecule has 35 heavy (non-hydrogen) atoms. The van der Waals surface area contributed by atoms with E-state index in [9.17, 15) is 10.1 Å². The van der Waals surface area contributed by atoms with Gasteiger partial charge in [0.15, 0.2) is 11.5 Å². The third-order valence-electron chi connectivity index (χ3n) is 6.28. The van der Waals surface area contributed by atoms with Gasteiger partial charge in [-0.2, -0.15) is 10.4 Å². The number of nitrogens with zero attached hydrogens (tertiary/aromatic N) is 4. The van der Waals surface area contributed by atoms with Gasteiger partial charge in [0.05, 0.1) is 42.0 Å². The summed E-state index contributed by atoms with van der Waals surface area (Å²) in [4.78, 5) is 14.7. The average Bonchev–Trinajstić information content (AvgIpc) is 3.47. The van der Waals surface area contributed by atoms with E-state index in [4.69, 9.17) is 25.8 Å². The number of carbonyl (C=O) groups excluding carboxylic acids is 1. The van der Waals surface area contributed by atoms with Gasteiger partial charge in [0.2, 0.25) is 0 Å². The summed E-state index contributed by atoms with van der Waals surface area (Å²) in [6, 6.07) is 14.7. The van der Waals surface area contributed by atoms with Gasteiger partial charge in [-0.15, -0.1) is 0 Å². The van der Waals surface area contributed by atoms with Crippen molar-refractivity contribution >= 4 is 29.1 Å². The van der Waals surface area contributed by atoms with Crippen LogP contribution in [0.25, 0.3) is 5.69 Å². The first kappa shape index (κ1) is 23.2. The summed E-state index contributed by atoms with van der Waals surface area (Å²) in [7, 11) is 0. The van der Waals surface area contributed by atoms with Crippen molar-refractivity contribution < 1.29 is 19.0 Å². The Labute approximate surface area is 207 Å². The lowest BCUT2D eigenvalue weighted by atomic mass is 10.0. The molecule has 0 bridgehead atoms. The zero-order valence-corrected chi connectivity index (χ0v) is 19.9. The van der Waals surface area contributed by atoms with Crippen LogP contribution in [0.5, 0.6) is 5.75 Å². The SMILES string of the molecule is Cc1c(OC(=O)Nc2ccc(N3CCC4(CC3)OCCO4)c(C#N)c2)cnn1-c1ccc(Cl)cc1. The predicted octanol–water partition coefficient (Wildman–Crippen LogP) is 4.66. The molecule has 9 nitrogen and oxygen atoms in total. The van der Waals surface area contributed by atoms with Crippen molar-refractivity contribution in [1.29, 1.82) is 5.26 Å². The number of amides is 1. The Kier molecular flexibility index (Phi) is 6.34. The van der Waals surface area contributed by atoms with Gasteiger partial charge in [-0.1, -0.05) is 11.6 Å². The Hall–Kier alpha value is -3.58. The number of benzene rings is 2. The van der Waals surface area contributed by atoms with E-state index in [1.165, 1.54) is 6.20 Å². The maximum Gasteiger partial charge on any atom is 0.417 e. The van der Waals surface area contributed by atoms with Crippen molar-refractivity contribution in [2.75, 3.05) is 36.5 Å². The predicted molar refractivity (Wildman–Crippen MR) is 130 cm³/mol. The molecule has 0 atom stereocenters. The molecule has 2 saturated heterocycles. The number of carbonyl (C=O) groups is 1. The lowest BCUT2D eigenvalue weighted by molar-refractivity contribution is -0.169. The Bertz CT molecular complexity index is 1270. The van der Waals surface area contributed by atoms with Gasteiger partial charge in [0.25, 0.3) is 0 Å². The van der Waals surface area contributed by atoms with Crippen molar-refractivity contribution in [1.82, 2.24) is 9.78 Å². The van der Waals surface area contributed by atoms with Gasteiger partial charge in [-0.05, 0) is 49.4 Å². The summed E-state index contributed by atoms with van der Waals surface area (Å²) in [5, 5.41) is 17.3. The maximum atomic E-state index is 12.5. The normalized spacial score (nSPS) is 16.8. The molecule has 5 rings (SSSR count). The zero-order valence-electron chi connectivity index (χ0n) is 19.2. The van der Waals surface area contributed by atoms with Gasteiger partial charge in [0.1, 0.15) is 6.07 Å². The number of hydrogen-bond donors (Lipinski definition) is 1. The van der Waals surface area contributed by atoms with Crippen LogP contribution in [-0.2, 0) is 9.47 Å². The van der Waals surface area contributed by atoms with E-state index >= 15 is 0 Å². The van der Waals surface area contributed by atoms with E-state index in [1.807, 2.05) is 18.2 Å². The van der Waals surface area contributed by atoms with Crippen LogP contribution in [0, 0.1) is 18.3 Å². The Morgan fingerprint density at radius 1 is 1.17 bits per heavy atom. The van der Waals surface area contributed by atoms with Gasteiger partial charge in [-0.3, -0.25) is 5.32 Å². The van der Waals surface area contributed by atoms with Crippen LogP contribution in [0.2, 0.25) is 5.02 Å². The van der Waals surface area contributed by atoms with E-state index in [1.54, 1.807) is 35.9 Å². The molecule has 0 aliphatic carbocycles.